The number of ether oxygens (including phenoxy) is 1. The van der Waals surface area contributed by atoms with Crippen molar-refractivity contribution < 1.29 is 14.1 Å². The number of hydrogen-bond acceptors (Lipinski definition) is 4. The van der Waals surface area contributed by atoms with Crippen LogP contribution in [0.25, 0.3) is 0 Å². The van der Waals surface area contributed by atoms with E-state index in [0.29, 0.717) is 6.16 Å². The molecule has 4 nitrogen and oxygen atoms in total. The lowest BCUT2D eigenvalue weighted by atomic mass is 10.0. The van der Waals surface area contributed by atoms with Crippen molar-refractivity contribution in [3.8, 4) is 0 Å². The summed E-state index contributed by atoms with van der Waals surface area (Å²) in [5.41, 5.74) is 4.96. The average Bonchev–Trinajstić information content (AvgIpc) is 2.61. The van der Waals surface area contributed by atoms with Crippen molar-refractivity contribution in [2.75, 3.05) is 12.8 Å². The van der Waals surface area contributed by atoms with Crippen LogP contribution in [0.4, 0.5) is 0 Å². The summed E-state index contributed by atoms with van der Waals surface area (Å²) in [6.45, 7) is 3.65. The third kappa shape index (κ3) is 4.14. The number of hydrogen-bond donors (Lipinski definition) is 1. The van der Waals surface area contributed by atoms with Crippen molar-refractivity contribution in [3.05, 3.63) is 60.7 Å². The number of esters is 1. The van der Waals surface area contributed by atoms with Crippen molar-refractivity contribution in [1.82, 2.24) is 0 Å². The third-order valence-corrected chi connectivity index (χ3v) is 7.15. The van der Waals surface area contributed by atoms with Crippen LogP contribution in [0.1, 0.15) is 20.3 Å². The van der Waals surface area contributed by atoms with Gasteiger partial charge in [0.1, 0.15) is 12.7 Å². The molecule has 2 aromatic carbocycles. The first-order chi connectivity index (χ1) is 11.4. The predicted molar refractivity (Wildman–Crippen MR) is 98.5 cm³/mol. The number of carbonyl (C=O) groups is 1. The quantitative estimate of drug-likeness (QED) is 0.619. The molecule has 24 heavy (non-hydrogen) atoms. The van der Waals surface area contributed by atoms with Gasteiger partial charge in [-0.15, -0.1) is 0 Å². The summed E-state index contributed by atoms with van der Waals surface area (Å²) >= 11 is 0. The highest BCUT2D eigenvalue weighted by atomic mass is 31.2. The molecule has 0 spiro atoms. The topological polar surface area (TPSA) is 69.4 Å². The normalized spacial score (nSPS) is 14.0. The molecule has 0 heterocycles. The molecule has 0 aliphatic carbocycles. The van der Waals surface area contributed by atoms with E-state index < -0.39 is 18.7 Å². The molecule has 128 valence electrons. The molecule has 2 N–H and O–H groups in total. The minimum atomic E-state index is -2.87. The van der Waals surface area contributed by atoms with Gasteiger partial charge < -0.3 is 15.0 Å². The van der Waals surface area contributed by atoms with Crippen molar-refractivity contribution in [1.29, 1.82) is 0 Å². The van der Waals surface area contributed by atoms with E-state index in [1.807, 2.05) is 60.7 Å². The van der Waals surface area contributed by atoms with Crippen molar-refractivity contribution >= 4 is 23.7 Å². The number of nitrogens with two attached hydrogens (primary N) is 1. The predicted octanol–water partition coefficient (Wildman–Crippen LogP) is 2.67. The van der Waals surface area contributed by atoms with E-state index in [0.717, 1.165) is 10.6 Å². The van der Waals surface area contributed by atoms with Gasteiger partial charge in [0.05, 0.1) is 6.61 Å². The Bertz CT molecular complexity index is 670. The molecule has 0 bridgehead atoms. The van der Waals surface area contributed by atoms with Gasteiger partial charge in [0.2, 0.25) is 0 Å². The summed E-state index contributed by atoms with van der Waals surface area (Å²) in [5, 5.41) is 1.55. The first-order valence-corrected chi connectivity index (χ1v) is 9.96. The molecular weight excluding hydrogens is 321 g/mol. The van der Waals surface area contributed by atoms with E-state index in [1.54, 1.807) is 13.8 Å². The maximum absolute atomic E-state index is 13.8. The maximum Gasteiger partial charge on any atom is 0.325 e. The van der Waals surface area contributed by atoms with Gasteiger partial charge in [-0.1, -0.05) is 60.7 Å². The highest BCUT2D eigenvalue weighted by Crippen LogP contribution is 2.44. The van der Waals surface area contributed by atoms with Crippen LogP contribution in [0.3, 0.4) is 0 Å². The molecule has 0 aromatic heterocycles. The first-order valence-electron chi connectivity index (χ1n) is 8.06. The Labute approximate surface area is 143 Å². The summed E-state index contributed by atoms with van der Waals surface area (Å²) in [4.78, 5) is 12.0. The summed E-state index contributed by atoms with van der Waals surface area (Å²) in [7, 11) is -2.87. The fourth-order valence-electron chi connectivity index (χ4n) is 2.53. The van der Waals surface area contributed by atoms with Crippen molar-refractivity contribution in [2.24, 2.45) is 5.73 Å². The minimum absolute atomic E-state index is 0.278. The Morgan fingerprint density at radius 2 is 1.50 bits per heavy atom. The number of carbonyl (C=O) groups excluding carboxylic acids is 1. The molecule has 0 saturated heterocycles. The van der Waals surface area contributed by atoms with Gasteiger partial charge in [-0.25, -0.2) is 0 Å². The second-order valence-electron chi connectivity index (χ2n) is 6.02. The standard InChI is InChI=1S/C19H24NO3P/c1-3-23-18(21)19(2,20)14-15-24(22,16-10-6-4-7-11-16)17-12-8-5-9-13-17/h4-13H,3,14-15,20H2,1-2H3/t19-/m0/s1. The Morgan fingerprint density at radius 1 is 1.04 bits per heavy atom. The zero-order chi connectivity index (χ0) is 17.6. The first kappa shape index (κ1) is 18.4. The Morgan fingerprint density at radius 3 is 1.92 bits per heavy atom. The van der Waals surface area contributed by atoms with Crippen LogP contribution in [0.2, 0.25) is 0 Å². The highest BCUT2D eigenvalue weighted by molar-refractivity contribution is 7.78. The molecule has 5 heteroatoms. The van der Waals surface area contributed by atoms with E-state index in [1.165, 1.54) is 0 Å². The zero-order valence-corrected chi connectivity index (χ0v) is 15.0. The lowest BCUT2D eigenvalue weighted by Gasteiger charge is -2.26. The molecule has 0 aliphatic rings. The van der Waals surface area contributed by atoms with Gasteiger partial charge in [-0.05, 0) is 20.3 Å². The van der Waals surface area contributed by atoms with Gasteiger partial charge in [0.15, 0.2) is 0 Å². The molecule has 2 aromatic rings. The van der Waals surface area contributed by atoms with Crippen LogP contribution in [0, 0.1) is 0 Å². The van der Waals surface area contributed by atoms with Gasteiger partial charge in [-0.2, -0.15) is 0 Å². The highest BCUT2D eigenvalue weighted by Gasteiger charge is 2.35. The molecular formula is C19H24NO3P. The van der Waals surface area contributed by atoms with Gasteiger partial charge in [0.25, 0.3) is 0 Å². The minimum Gasteiger partial charge on any atom is -0.465 e. The van der Waals surface area contributed by atoms with Gasteiger partial charge >= 0.3 is 5.97 Å². The molecule has 0 amide bonds. The van der Waals surface area contributed by atoms with Crippen LogP contribution in [-0.2, 0) is 14.1 Å². The van der Waals surface area contributed by atoms with Crippen molar-refractivity contribution in [2.45, 2.75) is 25.8 Å². The molecule has 0 unspecified atom stereocenters. The SMILES string of the molecule is CCOC(=O)[C@@](C)(N)CCP(=O)(c1ccccc1)c1ccccc1. The largest absolute Gasteiger partial charge is 0.465 e. The zero-order valence-electron chi connectivity index (χ0n) is 14.1. The fourth-order valence-corrected chi connectivity index (χ4v) is 5.43. The lowest BCUT2D eigenvalue weighted by Crippen LogP contribution is -2.47. The van der Waals surface area contributed by atoms with Crippen LogP contribution < -0.4 is 16.3 Å². The molecule has 0 radical (unpaired) electrons. The van der Waals surface area contributed by atoms with Crippen molar-refractivity contribution in [3.63, 3.8) is 0 Å². The maximum atomic E-state index is 13.8. The monoisotopic (exact) mass is 345 g/mol. The van der Waals surface area contributed by atoms with Crippen LogP contribution >= 0.6 is 7.14 Å². The fraction of sp³-hybridized carbons (Fsp3) is 0.316. The van der Waals surface area contributed by atoms with Gasteiger partial charge in [-0.3, -0.25) is 4.79 Å². The molecule has 1 atom stereocenters. The molecule has 0 fully saturated rings. The Kier molecular flexibility index (Phi) is 5.98. The van der Waals surface area contributed by atoms with E-state index in [2.05, 4.69) is 0 Å². The Balaban J connectivity index is 2.32. The smallest absolute Gasteiger partial charge is 0.325 e. The van der Waals surface area contributed by atoms with E-state index >= 15 is 0 Å². The van der Waals surface area contributed by atoms with E-state index in [4.69, 9.17) is 10.5 Å². The second-order valence-corrected chi connectivity index (χ2v) is 8.98. The average molecular weight is 345 g/mol. The number of benzene rings is 2. The van der Waals surface area contributed by atoms with Gasteiger partial charge in [0, 0.05) is 16.8 Å². The summed E-state index contributed by atoms with van der Waals surface area (Å²) in [6.07, 6.45) is 0.597. The Hall–Kier alpha value is -1.90. The summed E-state index contributed by atoms with van der Waals surface area (Å²) in [5.74, 6) is -0.460. The summed E-state index contributed by atoms with van der Waals surface area (Å²) < 4.78 is 18.9. The molecule has 2 rings (SSSR count). The van der Waals surface area contributed by atoms with Crippen LogP contribution in [0.5, 0.6) is 0 Å². The number of rotatable bonds is 7. The third-order valence-electron chi connectivity index (χ3n) is 4.03. The molecule has 0 saturated carbocycles. The summed E-state index contributed by atoms with van der Waals surface area (Å²) in [6, 6.07) is 18.7. The lowest BCUT2D eigenvalue weighted by molar-refractivity contribution is -0.149. The van der Waals surface area contributed by atoms with E-state index in [-0.39, 0.29) is 13.0 Å². The van der Waals surface area contributed by atoms with Crippen LogP contribution in [0.15, 0.2) is 60.7 Å². The van der Waals surface area contributed by atoms with Crippen LogP contribution in [-0.4, -0.2) is 24.3 Å². The molecule has 0 aliphatic heterocycles. The van der Waals surface area contributed by atoms with E-state index in [9.17, 15) is 9.36 Å². The second kappa shape index (κ2) is 7.78.